The lowest BCUT2D eigenvalue weighted by atomic mass is 10.0. The zero-order valence-corrected chi connectivity index (χ0v) is 61.8. The quantitative estimate of drug-likeness (QED) is 0.0222. The highest BCUT2D eigenvalue weighted by Crippen LogP contribution is 2.45. The molecule has 19 heteroatoms. The lowest BCUT2D eigenvalue weighted by Gasteiger charge is -2.21. The zero-order valence-electron chi connectivity index (χ0n) is 60.0. The largest absolute Gasteiger partial charge is 0.472 e. The van der Waals surface area contributed by atoms with E-state index >= 15 is 0 Å². The summed E-state index contributed by atoms with van der Waals surface area (Å²) < 4.78 is 68.2. The fourth-order valence-corrected chi connectivity index (χ4v) is 12.7. The van der Waals surface area contributed by atoms with Gasteiger partial charge in [0.05, 0.1) is 26.4 Å². The van der Waals surface area contributed by atoms with Gasteiger partial charge < -0.3 is 33.8 Å². The van der Waals surface area contributed by atoms with Gasteiger partial charge in [0, 0.05) is 25.7 Å². The predicted molar refractivity (Wildman–Crippen MR) is 372 cm³/mol. The summed E-state index contributed by atoms with van der Waals surface area (Å²) in [5.41, 5.74) is 0. The van der Waals surface area contributed by atoms with Gasteiger partial charge in [-0.25, -0.2) is 9.13 Å². The van der Waals surface area contributed by atoms with Gasteiger partial charge in [0.2, 0.25) is 0 Å². The van der Waals surface area contributed by atoms with Gasteiger partial charge in [0.15, 0.2) is 12.2 Å². The molecule has 0 spiro atoms. The highest BCUT2D eigenvalue weighted by atomic mass is 31.2. The summed E-state index contributed by atoms with van der Waals surface area (Å²) >= 11 is 0. The molecule has 0 aromatic heterocycles. The van der Waals surface area contributed by atoms with Crippen LogP contribution < -0.4 is 0 Å². The third-order valence-electron chi connectivity index (χ3n) is 16.9. The molecule has 0 aromatic carbocycles. The van der Waals surface area contributed by atoms with Crippen molar-refractivity contribution in [1.82, 2.24) is 0 Å². The maximum Gasteiger partial charge on any atom is 0.472 e. The van der Waals surface area contributed by atoms with E-state index in [0.29, 0.717) is 25.7 Å². The molecular formula is C73H142O17P2. The Morgan fingerprint density at radius 2 is 0.500 bits per heavy atom. The van der Waals surface area contributed by atoms with Crippen LogP contribution in [-0.4, -0.2) is 96.7 Å². The second-order valence-electron chi connectivity index (χ2n) is 27.8. The van der Waals surface area contributed by atoms with E-state index in [9.17, 15) is 43.2 Å². The molecule has 0 radical (unpaired) electrons. The number of phosphoric acid groups is 2. The minimum absolute atomic E-state index is 0.104. The average Bonchev–Trinajstić information content (AvgIpc) is 1.42. The molecule has 0 aromatic rings. The molecule has 92 heavy (non-hydrogen) atoms. The van der Waals surface area contributed by atoms with E-state index in [1.54, 1.807) is 0 Å². The molecule has 0 aliphatic heterocycles. The van der Waals surface area contributed by atoms with E-state index in [4.69, 9.17) is 37.0 Å². The van der Waals surface area contributed by atoms with Crippen LogP contribution in [0.1, 0.15) is 370 Å². The summed E-state index contributed by atoms with van der Waals surface area (Å²) in [5.74, 6) is 0.194. The lowest BCUT2D eigenvalue weighted by molar-refractivity contribution is -0.161. The summed E-state index contributed by atoms with van der Waals surface area (Å²) in [6, 6.07) is 0. The number of rotatable bonds is 71. The minimum Gasteiger partial charge on any atom is -0.462 e. The molecular weight excluding hydrogens is 1210 g/mol. The molecule has 0 rings (SSSR count). The highest BCUT2D eigenvalue weighted by Gasteiger charge is 2.30. The van der Waals surface area contributed by atoms with Crippen LogP contribution >= 0.6 is 15.6 Å². The predicted octanol–water partition coefficient (Wildman–Crippen LogP) is 21.0. The Balaban J connectivity index is 5.12. The number of ether oxygens (including phenoxy) is 4. The Bertz CT molecular complexity index is 1800. The van der Waals surface area contributed by atoms with Crippen LogP contribution in [0.5, 0.6) is 0 Å². The average molecular weight is 1350 g/mol. The Kier molecular flexibility index (Phi) is 62.4. The molecule has 0 heterocycles. The second kappa shape index (κ2) is 63.8. The van der Waals surface area contributed by atoms with Crippen LogP contribution in [0.2, 0.25) is 0 Å². The van der Waals surface area contributed by atoms with Crippen molar-refractivity contribution in [2.24, 2.45) is 17.8 Å². The normalized spacial score (nSPS) is 14.1. The maximum absolute atomic E-state index is 13.1. The van der Waals surface area contributed by atoms with E-state index in [-0.39, 0.29) is 25.7 Å². The smallest absolute Gasteiger partial charge is 0.462 e. The number of aliphatic hydroxyl groups is 1. The summed E-state index contributed by atoms with van der Waals surface area (Å²) in [6.07, 6.45) is 49.1. The molecule has 5 atom stereocenters. The Labute approximate surface area is 562 Å². The van der Waals surface area contributed by atoms with E-state index in [0.717, 1.165) is 114 Å². The van der Waals surface area contributed by atoms with Crippen LogP contribution in [0.4, 0.5) is 0 Å². The molecule has 0 amide bonds. The van der Waals surface area contributed by atoms with E-state index in [2.05, 4.69) is 48.5 Å². The van der Waals surface area contributed by atoms with Crippen LogP contribution in [0.25, 0.3) is 0 Å². The summed E-state index contributed by atoms with van der Waals surface area (Å²) in [6.45, 7) is 11.8. The molecule has 0 aliphatic rings. The Morgan fingerprint density at radius 1 is 0.293 bits per heavy atom. The van der Waals surface area contributed by atoms with Gasteiger partial charge >= 0.3 is 39.5 Å². The van der Waals surface area contributed by atoms with Gasteiger partial charge in [0.1, 0.15) is 19.3 Å². The van der Waals surface area contributed by atoms with Crippen molar-refractivity contribution >= 4 is 39.5 Å². The number of aliphatic hydroxyl groups excluding tert-OH is 1. The number of esters is 4. The lowest BCUT2D eigenvalue weighted by Crippen LogP contribution is -2.30. The standard InChI is InChI=1S/C73H142O17P2/c1-8-9-10-37-47-54-70(75)83-60-68(89-73(78)57-50-43-36-30-24-27-33-40-46-53-66(6)7)62-87-91(79,80)85-58-67(74)59-86-92(81,82)88-63-69(61-84-71(76)55-48-41-34-28-23-19-21-26-32-39-45-52-65(4)5)90-72(77)56-49-42-35-29-22-18-16-14-12-11-13-15-17-20-25-31-38-44-51-64(2)3/h64-69,74H,8-63H2,1-7H3,(H,79,80)(H,81,82)/t67-,68+,69+/m0/s1. The van der Waals surface area contributed by atoms with Crippen molar-refractivity contribution < 1.29 is 80.2 Å². The zero-order chi connectivity index (χ0) is 68.0. The summed E-state index contributed by atoms with van der Waals surface area (Å²) in [5, 5.41) is 10.6. The van der Waals surface area contributed by atoms with E-state index in [1.165, 1.54) is 173 Å². The Morgan fingerprint density at radius 3 is 0.739 bits per heavy atom. The van der Waals surface area contributed by atoms with Crippen molar-refractivity contribution in [2.45, 2.75) is 388 Å². The second-order valence-corrected chi connectivity index (χ2v) is 30.7. The molecule has 3 N–H and O–H groups in total. The summed E-state index contributed by atoms with van der Waals surface area (Å²) in [4.78, 5) is 72.4. The van der Waals surface area contributed by atoms with Gasteiger partial charge in [0.25, 0.3) is 0 Å². The number of hydrogen-bond donors (Lipinski definition) is 3. The fraction of sp³-hybridized carbons (Fsp3) is 0.945. The van der Waals surface area contributed by atoms with E-state index in [1.807, 2.05) is 0 Å². The van der Waals surface area contributed by atoms with Gasteiger partial charge in [-0.15, -0.1) is 0 Å². The molecule has 17 nitrogen and oxygen atoms in total. The molecule has 0 fully saturated rings. The fourth-order valence-electron chi connectivity index (χ4n) is 11.1. The first-order valence-electron chi connectivity index (χ1n) is 37.8. The minimum atomic E-state index is -4.95. The van der Waals surface area contributed by atoms with E-state index < -0.39 is 97.5 Å². The molecule has 0 bridgehead atoms. The van der Waals surface area contributed by atoms with Crippen LogP contribution in [0, 0.1) is 17.8 Å². The van der Waals surface area contributed by atoms with Crippen molar-refractivity contribution in [3.05, 3.63) is 0 Å². The van der Waals surface area contributed by atoms with Crippen molar-refractivity contribution in [3.63, 3.8) is 0 Å². The first-order valence-corrected chi connectivity index (χ1v) is 40.8. The molecule has 0 saturated heterocycles. The first-order chi connectivity index (χ1) is 44.2. The Hall–Kier alpha value is -1.94. The maximum atomic E-state index is 13.1. The highest BCUT2D eigenvalue weighted by molar-refractivity contribution is 7.47. The number of carbonyl (C=O) groups is 4. The molecule has 2 unspecified atom stereocenters. The van der Waals surface area contributed by atoms with Gasteiger partial charge in [-0.3, -0.25) is 37.3 Å². The number of hydrogen-bond acceptors (Lipinski definition) is 15. The van der Waals surface area contributed by atoms with Crippen LogP contribution in [0.15, 0.2) is 0 Å². The first kappa shape index (κ1) is 90.1. The van der Waals surface area contributed by atoms with Gasteiger partial charge in [-0.1, -0.05) is 318 Å². The molecule has 0 saturated carbocycles. The number of carbonyl (C=O) groups excluding carboxylic acids is 4. The third kappa shape index (κ3) is 66.7. The number of unbranched alkanes of at least 4 members (excludes halogenated alkanes) is 39. The van der Waals surface area contributed by atoms with Crippen LogP contribution in [-0.2, 0) is 65.4 Å². The molecule has 546 valence electrons. The van der Waals surface area contributed by atoms with Crippen molar-refractivity contribution in [1.29, 1.82) is 0 Å². The topological polar surface area (TPSA) is 237 Å². The van der Waals surface area contributed by atoms with Crippen molar-refractivity contribution in [2.75, 3.05) is 39.6 Å². The van der Waals surface area contributed by atoms with Gasteiger partial charge in [-0.2, -0.15) is 0 Å². The van der Waals surface area contributed by atoms with Gasteiger partial charge in [-0.05, 0) is 43.4 Å². The number of phosphoric ester groups is 2. The monoisotopic (exact) mass is 1350 g/mol. The molecule has 0 aliphatic carbocycles. The third-order valence-corrected chi connectivity index (χ3v) is 18.8. The SMILES string of the molecule is CCCCCCCC(=O)OC[C@H](COP(=O)(O)OC[C@H](O)COP(=O)(O)OC[C@@H](COC(=O)CCCCCCCCCCCCCC(C)C)OC(=O)CCCCCCCCCCCCCCCCCCCCC(C)C)OC(=O)CCCCCCCCCCCC(C)C. The summed E-state index contributed by atoms with van der Waals surface area (Å²) in [7, 11) is -9.90. The van der Waals surface area contributed by atoms with Crippen LogP contribution in [0.3, 0.4) is 0 Å². The van der Waals surface area contributed by atoms with Crippen molar-refractivity contribution in [3.8, 4) is 0 Å².